The summed E-state index contributed by atoms with van der Waals surface area (Å²) in [6.07, 6.45) is 0.328. The first-order valence-corrected chi connectivity index (χ1v) is 12.1. The van der Waals surface area contributed by atoms with Gasteiger partial charge >= 0.3 is 12.3 Å². The summed E-state index contributed by atoms with van der Waals surface area (Å²) in [6.45, 7) is 7.99. The van der Waals surface area contributed by atoms with Gasteiger partial charge < -0.3 is 9.64 Å². The molecule has 7 heteroatoms. The Labute approximate surface area is 200 Å². The van der Waals surface area contributed by atoms with Gasteiger partial charge in [-0.05, 0) is 80.0 Å². The van der Waals surface area contributed by atoms with Crippen LogP contribution in [0.3, 0.4) is 0 Å². The first kappa shape index (κ1) is 25.9. The number of alkyl halides is 3. The van der Waals surface area contributed by atoms with E-state index in [9.17, 15) is 18.0 Å². The average Bonchev–Trinajstić information content (AvgIpc) is 3.25. The Morgan fingerprint density at radius 3 is 2.35 bits per heavy atom. The Bertz CT molecular complexity index is 1000. The molecule has 0 spiro atoms. The number of unbranched alkanes of at least 4 members (excludes halogenated alkanes) is 1. The highest BCUT2D eigenvalue weighted by Crippen LogP contribution is 2.33. The van der Waals surface area contributed by atoms with Crippen LogP contribution in [-0.2, 0) is 36.8 Å². The van der Waals surface area contributed by atoms with Gasteiger partial charge in [0.05, 0.1) is 19.2 Å². The van der Waals surface area contributed by atoms with E-state index >= 15 is 0 Å². The molecule has 2 aromatic rings. The van der Waals surface area contributed by atoms with Crippen molar-refractivity contribution >= 4 is 11.8 Å². The van der Waals surface area contributed by atoms with E-state index in [-0.39, 0.29) is 13.1 Å². The molecular formula is C27H35F3N2O2. The van der Waals surface area contributed by atoms with Crippen LogP contribution in [0.25, 0.3) is 0 Å². The van der Waals surface area contributed by atoms with E-state index in [0.29, 0.717) is 11.1 Å². The Kier molecular flexibility index (Phi) is 8.50. The van der Waals surface area contributed by atoms with Gasteiger partial charge in [-0.1, -0.05) is 31.0 Å². The summed E-state index contributed by atoms with van der Waals surface area (Å²) in [6, 6.07) is 8.36. The van der Waals surface area contributed by atoms with Gasteiger partial charge in [-0.2, -0.15) is 13.2 Å². The molecule has 0 atom stereocenters. The number of halogens is 3. The lowest BCUT2D eigenvalue weighted by Gasteiger charge is -2.29. The normalized spacial score (nSPS) is 13.0. The summed E-state index contributed by atoms with van der Waals surface area (Å²) < 4.78 is 45.1. The Morgan fingerprint density at radius 2 is 1.74 bits per heavy atom. The van der Waals surface area contributed by atoms with Crippen molar-refractivity contribution in [2.45, 2.75) is 72.1 Å². The SMILES string of the molecule is CCCCN(CC)c1cc2c(cc1CN(Cc1cc(C)cc(C(F)(F)F)c1)C(=O)OC)CCC2. The van der Waals surface area contributed by atoms with Crippen molar-refractivity contribution in [3.05, 3.63) is 63.7 Å². The molecule has 0 heterocycles. The number of fused-ring (bicyclic) bond motifs is 1. The summed E-state index contributed by atoms with van der Waals surface area (Å²) in [7, 11) is 1.30. The smallest absolute Gasteiger partial charge is 0.416 e. The van der Waals surface area contributed by atoms with Gasteiger partial charge in [-0.15, -0.1) is 0 Å². The molecule has 0 fully saturated rings. The lowest BCUT2D eigenvalue weighted by Crippen LogP contribution is -2.32. The molecule has 0 unspecified atom stereocenters. The van der Waals surface area contributed by atoms with Crippen molar-refractivity contribution in [3.63, 3.8) is 0 Å². The quantitative estimate of drug-likeness (QED) is 0.395. The Hall–Kier alpha value is -2.70. The number of aryl methyl sites for hydroxylation is 3. The number of benzene rings is 2. The molecular weight excluding hydrogens is 441 g/mol. The molecule has 0 saturated carbocycles. The highest BCUT2D eigenvalue weighted by Gasteiger charge is 2.31. The number of carbonyl (C=O) groups excluding carboxylic acids is 1. The number of hydrogen-bond acceptors (Lipinski definition) is 3. The highest BCUT2D eigenvalue weighted by atomic mass is 19.4. The van der Waals surface area contributed by atoms with Crippen molar-refractivity contribution < 1.29 is 22.7 Å². The summed E-state index contributed by atoms with van der Waals surface area (Å²) in [5.74, 6) is 0. The minimum absolute atomic E-state index is 0.0367. The molecule has 3 rings (SSSR count). The number of rotatable bonds is 9. The van der Waals surface area contributed by atoms with Crippen LogP contribution in [0.2, 0.25) is 0 Å². The predicted molar refractivity (Wildman–Crippen MR) is 129 cm³/mol. The predicted octanol–water partition coefficient (Wildman–Crippen LogP) is 6.90. The zero-order valence-electron chi connectivity index (χ0n) is 20.6. The van der Waals surface area contributed by atoms with Gasteiger partial charge in [-0.25, -0.2) is 4.79 Å². The van der Waals surface area contributed by atoms with Crippen LogP contribution >= 0.6 is 0 Å². The molecule has 1 amide bonds. The second-order valence-corrected chi connectivity index (χ2v) is 9.07. The fourth-order valence-corrected chi connectivity index (χ4v) is 4.74. The fraction of sp³-hybridized carbons (Fsp3) is 0.519. The maximum atomic E-state index is 13.4. The molecule has 1 aliphatic rings. The molecule has 186 valence electrons. The first-order valence-electron chi connectivity index (χ1n) is 12.1. The lowest BCUT2D eigenvalue weighted by molar-refractivity contribution is -0.137. The van der Waals surface area contributed by atoms with Crippen LogP contribution < -0.4 is 4.90 Å². The molecule has 2 aromatic carbocycles. The van der Waals surface area contributed by atoms with Crippen molar-refractivity contribution in [3.8, 4) is 0 Å². The summed E-state index contributed by atoms with van der Waals surface area (Å²) in [4.78, 5) is 16.5. The van der Waals surface area contributed by atoms with Gasteiger partial charge in [0.25, 0.3) is 0 Å². The average molecular weight is 477 g/mol. The van der Waals surface area contributed by atoms with Crippen LogP contribution in [-0.4, -0.2) is 31.2 Å². The maximum absolute atomic E-state index is 13.4. The van der Waals surface area contributed by atoms with Gasteiger partial charge in [0.15, 0.2) is 0 Å². The molecule has 0 aromatic heterocycles. The Balaban J connectivity index is 1.97. The molecule has 0 radical (unpaired) electrons. The largest absolute Gasteiger partial charge is 0.453 e. The summed E-state index contributed by atoms with van der Waals surface area (Å²) in [5.41, 5.74) is 4.99. The molecule has 0 aliphatic heterocycles. The van der Waals surface area contributed by atoms with Crippen LogP contribution in [0, 0.1) is 6.92 Å². The summed E-state index contributed by atoms with van der Waals surface area (Å²) in [5, 5.41) is 0. The number of ether oxygens (including phenoxy) is 1. The second kappa shape index (κ2) is 11.2. The highest BCUT2D eigenvalue weighted by molar-refractivity contribution is 5.68. The molecule has 34 heavy (non-hydrogen) atoms. The van der Waals surface area contributed by atoms with Crippen molar-refractivity contribution in [1.82, 2.24) is 4.90 Å². The number of methoxy groups -OCH3 is 1. The summed E-state index contributed by atoms with van der Waals surface area (Å²) >= 11 is 0. The number of anilines is 1. The second-order valence-electron chi connectivity index (χ2n) is 9.07. The molecule has 0 N–H and O–H groups in total. The standard InChI is InChI=1S/C27H35F3N2O2/c1-5-7-11-31(6-2)25-16-22-10-8-9-21(22)15-23(25)18-32(26(33)34-4)17-20-12-19(3)13-24(14-20)27(28,29)30/h12-16H,5-11,17-18H2,1-4H3. The molecule has 1 aliphatic carbocycles. The molecule has 0 bridgehead atoms. The minimum atomic E-state index is -4.44. The first-order chi connectivity index (χ1) is 16.2. The van der Waals surface area contributed by atoms with E-state index in [1.165, 1.54) is 23.1 Å². The molecule has 0 saturated heterocycles. The van der Waals surface area contributed by atoms with Crippen molar-refractivity contribution in [2.24, 2.45) is 0 Å². The van der Waals surface area contributed by atoms with E-state index < -0.39 is 17.8 Å². The zero-order valence-corrected chi connectivity index (χ0v) is 20.6. The van der Waals surface area contributed by atoms with E-state index in [4.69, 9.17) is 4.74 Å². The van der Waals surface area contributed by atoms with Crippen LogP contribution in [0.5, 0.6) is 0 Å². The van der Waals surface area contributed by atoms with Gasteiger partial charge in [0.1, 0.15) is 0 Å². The van der Waals surface area contributed by atoms with Gasteiger partial charge in [-0.3, -0.25) is 4.90 Å². The molecule has 4 nitrogen and oxygen atoms in total. The third kappa shape index (κ3) is 6.24. The van der Waals surface area contributed by atoms with E-state index in [1.807, 2.05) is 0 Å². The van der Waals surface area contributed by atoms with Gasteiger partial charge in [0.2, 0.25) is 0 Å². The minimum Gasteiger partial charge on any atom is -0.453 e. The zero-order chi connectivity index (χ0) is 24.9. The third-order valence-electron chi connectivity index (χ3n) is 6.43. The number of amides is 1. The van der Waals surface area contributed by atoms with E-state index in [2.05, 4.69) is 30.9 Å². The lowest BCUT2D eigenvalue weighted by atomic mass is 10.0. The number of nitrogens with zero attached hydrogens (tertiary/aromatic N) is 2. The van der Waals surface area contributed by atoms with Crippen LogP contribution in [0.4, 0.5) is 23.7 Å². The van der Waals surface area contributed by atoms with Crippen molar-refractivity contribution in [2.75, 3.05) is 25.1 Å². The Morgan fingerprint density at radius 1 is 1.03 bits per heavy atom. The third-order valence-corrected chi connectivity index (χ3v) is 6.43. The number of carbonyl (C=O) groups is 1. The topological polar surface area (TPSA) is 32.8 Å². The van der Waals surface area contributed by atoms with E-state index in [0.717, 1.165) is 68.6 Å². The van der Waals surface area contributed by atoms with Crippen LogP contribution in [0.1, 0.15) is 66.5 Å². The fourth-order valence-electron chi connectivity index (χ4n) is 4.74. The van der Waals surface area contributed by atoms with Crippen molar-refractivity contribution in [1.29, 1.82) is 0 Å². The number of hydrogen-bond donors (Lipinski definition) is 0. The maximum Gasteiger partial charge on any atom is 0.416 e. The van der Waals surface area contributed by atoms with Gasteiger partial charge in [0, 0.05) is 25.3 Å². The van der Waals surface area contributed by atoms with Crippen LogP contribution in [0.15, 0.2) is 30.3 Å². The monoisotopic (exact) mass is 476 g/mol. The van der Waals surface area contributed by atoms with E-state index in [1.54, 1.807) is 13.0 Å².